The van der Waals surface area contributed by atoms with Crippen LogP contribution in [0.25, 0.3) is 11.3 Å². The molecule has 0 aliphatic carbocycles. The molecule has 0 aliphatic heterocycles. The summed E-state index contributed by atoms with van der Waals surface area (Å²) < 4.78 is 20.5. The van der Waals surface area contributed by atoms with E-state index in [0.29, 0.717) is 18.1 Å². The Morgan fingerprint density at radius 1 is 1.45 bits per heavy atom. The van der Waals surface area contributed by atoms with Crippen molar-refractivity contribution in [3.63, 3.8) is 0 Å². The van der Waals surface area contributed by atoms with Gasteiger partial charge in [0, 0.05) is 50.8 Å². The van der Waals surface area contributed by atoms with Crippen molar-refractivity contribution >= 4 is 11.6 Å². The van der Waals surface area contributed by atoms with Gasteiger partial charge in [-0.15, -0.1) is 6.07 Å². The average molecular weight is 370 g/mol. The molecule has 0 N–H and O–H groups in total. The summed E-state index contributed by atoms with van der Waals surface area (Å²) in [5.41, 5.74) is 0.235. The van der Waals surface area contributed by atoms with Gasteiger partial charge in [0.05, 0.1) is 12.4 Å². The van der Waals surface area contributed by atoms with Crippen molar-refractivity contribution in [3.05, 3.63) is 51.5 Å². The molecular weight excluding hydrogens is 358 g/mol. The first kappa shape index (κ1) is 17.3. The van der Waals surface area contributed by atoms with Crippen molar-refractivity contribution in [1.82, 2.24) is 4.57 Å². The number of ether oxygens (including phenoxy) is 1. The zero-order valence-corrected chi connectivity index (χ0v) is 14.7. The van der Waals surface area contributed by atoms with Crippen LogP contribution in [0.2, 0.25) is 5.02 Å². The Hall–Kier alpha value is -0.706. The Balaban J connectivity index is 0.00000200. The average Bonchev–Trinajstić information content (AvgIpc) is 2.38. The van der Waals surface area contributed by atoms with Crippen LogP contribution >= 0.6 is 11.6 Å². The zero-order chi connectivity index (χ0) is 14.0. The Bertz CT molecular complexity index is 673. The van der Waals surface area contributed by atoms with Crippen LogP contribution in [-0.2, 0) is 39.8 Å². The number of hydrogen-bond acceptors (Lipinski definition) is 2. The molecule has 0 bridgehead atoms. The number of nitrogens with zero attached hydrogens (tertiary/aromatic N) is 1. The minimum atomic E-state index is -0.473. The van der Waals surface area contributed by atoms with Gasteiger partial charge in [-0.05, 0) is 13.0 Å². The largest absolute Gasteiger partial charge is 0.494 e. The van der Waals surface area contributed by atoms with Gasteiger partial charge >= 0.3 is 0 Å². The van der Waals surface area contributed by atoms with Crippen LogP contribution in [-0.4, -0.2) is 11.2 Å². The van der Waals surface area contributed by atoms with Crippen molar-refractivity contribution < 1.29 is 41.8 Å². The molecule has 0 unspecified atom stereocenters. The number of pyridine rings is 1. The first-order valence-electron chi connectivity index (χ1n) is 5.74. The van der Waals surface area contributed by atoms with Gasteiger partial charge in [0.2, 0.25) is 5.56 Å². The summed E-state index contributed by atoms with van der Waals surface area (Å²) in [4.78, 5) is 11.7. The zero-order valence-electron chi connectivity index (χ0n) is 11.1. The van der Waals surface area contributed by atoms with E-state index < -0.39 is 5.82 Å². The molecule has 3 nitrogen and oxygen atoms in total. The molecule has 0 saturated heterocycles. The number of aromatic nitrogens is 1. The van der Waals surface area contributed by atoms with E-state index in [9.17, 15) is 9.18 Å². The van der Waals surface area contributed by atoms with Gasteiger partial charge in [-0.3, -0.25) is 4.79 Å². The van der Waals surface area contributed by atoms with Crippen molar-refractivity contribution in [3.8, 4) is 17.0 Å². The quantitative estimate of drug-likeness (QED) is 0.779. The normalized spacial score (nSPS) is 10.0. The molecule has 20 heavy (non-hydrogen) atoms. The number of hydrogen-bond donors (Lipinski definition) is 0. The summed E-state index contributed by atoms with van der Waals surface area (Å²) in [6.07, 6.45) is 0. The predicted octanol–water partition coefficient (Wildman–Crippen LogP) is 3.04. The molecule has 6 heteroatoms. The van der Waals surface area contributed by atoms with Crippen molar-refractivity contribution in [2.75, 3.05) is 6.61 Å². The fourth-order valence-corrected chi connectivity index (χ4v) is 1.94. The Kier molecular flexibility index (Phi) is 6.37. The van der Waals surface area contributed by atoms with Crippen LogP contribution in [0.4, 0.5) is 4.39 Å². The first-order valence-corrected chi connectivity index (χ1v) is 6.12. The molecule has 1 radical (unpaired) electrons. The summed E-state index contributed by atoms with van der Waals surface area (Å²) in [7, 11) is 1.52. The molecule has 0 aliphatic rings. The van der Waals surface area contributed by atoms with Crippen LogP contribution in [0.1, 0.15) is 6.92 Å². The second kappa shape index (κ2) is 7.34. The van der Waals surface area contributed by atoms with Crippen LogP contribution in [0.3, 0.4) is 0 Å². The van der Waals surface area contributed by atoms with Crippen LogP contribution in [0, 0.1) is 11.9 Å². The summed E-state index contributed by atoms with van der Waals surface area (Å²) in [6.45, 7) is 2.28. The van der Waals surface area contributed by atoms with E-state index in [1.165, 1.54) is 23.7 Å². The van der Waals surface area contributed by atoms with Gasteiger partial charge in [-0.25, -0.2) is 4.39 Å². The standard InChI is InChI=1S/C14H12ClFNO2.Y/c1-3-19-9-4-5-10(12(16)8-9)13-7-6-11(15)14(18)17(13)2;/h4-6,8H,3H2,1-2H3;/q-1;. The molecule has 0 atom stereocenters. The van der Waals surface area contributed by atoms with E-state index >= 15 is 0 Å². The third kappa shape index (κ3) is 3.49. The smallest absolute Gasteiger partial charge is 0.212 e. The van der Waals surface area contributed by atoms with Gasteiger partial charge in [0.15, 0.2) is 0 Å². The van der Waals surface area contributed by atoms with Crippen molar-refractivity contribution in [2.24, 2.45) is 7.05 Å². The Morgan fingerprint density at radius 2 is 2.15 bits per heavy atom. The molecular formula is C14H12ClFNO2Y-. The third-order valence-corrected chi connectivity index (χ3v) is 2.96. The van der Waals surface area contributed by atoms with Crippen LogP contribution in [0.5, 0.6) is 5.75 Å². The van der Waals surface area contributed by atoms with Gasteiger partial charge in [0.1, 0.15) is 5.75 Å². The molecule has 0 fully saturated rings. The second-order valence-electron chi connectivity index (χ2n) is 3.92. The molecule has 2 rings (SSSR count). The molecule has 103 valence electrons. The summed E-state index contributed by atoms with van der Waals surface area (Å²) in [6, 6.07) is 8.63. The van der Waals surface area contributed by atoms with E-state index in [2.05, 4.69) is 6.07 Å². The Morgan fingerprint density at radius 3 is 2.75 bits per heavy atom. The van der Waals surface area contributed by atoms with Crippen molar-refractivity contribution in [2.45, 2.75) is 6.92 Å². The summed E-state index contributed by atoms with van der Waals surface area (Å²) in [5.74, 6) is -0.0257. The second-order valence-corrected chi connectivity index (χ2v) is 4.33. The Labute approximate surface area is 146 Å². The monoisotopic (exact) mass is 369 g/mol. The summed E-state index contributed by atoms with van der Waals surface area (Å²) in [5, 5.41) is 0.0533. The molecule has 2 aromatic rings. The van der Waals surface area contributed by atoms with Gasteiger partial charge in [0.25, 0.3) is 0 Å². The van der Waals surface area contributed by atoms with E-state index in [1.54, 1.807) is 12.1 Å². The van der Waals surface area contributed by atoms with E-state index in [-0.39, 0.29) is 48.9 Å². The van der Waals surface area contributed by atoms with Crippen molar-refractivity contribution in [1.29, 1.82) is 0 Å². The molecule has 1 aromatic heterocycles. The molecule has 1 aromatic carbocycles. The van der Waals surface area contributed by atoms with E-state index in [4.69, 9.17) is 16.3 Å². The maximum atomic E-state index is 14.0. The fraction of sp³-hybridized carbons (Fsp3) is 0.214. The van der Waals surface area contributed by atoms with Gasteiger partial charge < -0.3 is 9.30 Å². The molecule has 0 saturated carbocycles. The van der Waals surface area contributed by atoms with E-state index in [0.717, 1.165) is 0 Å². The molecule has 0 spiro atoms. The van der Waals surface area contributed by atoms with Gasteiger partial charge in [-0.1, -0.05) is 11.3 Å². The first-order chi connectivity index (χ1) is 9.04. The third-order valence-electron chi connectivity index (χ3n) is 2.69. The number of rotatable bonds is 3. The number of benzene rings is 1. The fourth-order valence-electron chi connectivity index (χ4n) is 1.75. The maximum Gasteiger partial charge on any atom is 0.212 e. The number of halogens is 2. The van der Waals surface area contributed by atoms with Crippen LogP contribution in [0.15, 0.2) is 29.1 Å². The predicted molar refractivity (Wildman–Crippen MR) is 72.1 cm³/mol. The minimum Gasteiger partial charge on any atom is -0.494 e. The topological polar surface area (TPSA) is 31.2 Å². The minimum absolute atomic E-state index is 0. The maximum absolute atomic E-state index is 14.0. The SMILES string of the molecule is CCOc1ccc(-c2[c-]cc(Cl)c(=O)n2C)c(F)c1.[Y]. The van der Waals surface area contributed by atoms with Crippen LogP contribution < -0.4 is 10.3 Å². The summed E-state index contributed by atoms with van der Waals surface area (Å²) >= 11 is 5.70. The molecule has 1 heterocycles. The van der Waals surface area contributed by atoms with E-state index in [1.807, 2.05) is 6.92 Å². The molecule has 0 amide bonds. The van der Waals surface area contributed by atoms with Gasteiger partial charge in [-0.2, -0.15) is 23.7 Å².